The zero-order valence-electron chi connectivity index (χ0n) is 34.8. The SMILES string of the molecule is Cc1cc(C(C)CC(=O)Cn2cnc3cccc(C#N)c32)ccc1C(C)(C)C#N.Cc1cc(C(C)N)ccc1C(C)(C)C#N.N#Cc1cccc2ncn(CC(=O)O)c12. The molecule has 2 atom stereocenters. The monoisotopic (exact) mass is 787 g/mol. The molecule has 6 rings (SSSR count). The van der Waals surface area contributed by atoms with Crippen molar-refractivity contribution in [2.24, 2.45) is 5.73 Å². The van der Waals surface area contributed by atoms with Gasteiger partial charge in [-0.25, -0.2) is 9.97 Å². The molecule has 0 fully saturated rings. The molecule has 4 aromatic carbocycles. The molecule has 300 valence electrons. The summed E-state index contributed by atoms with van der Waals surface area (Å²) in [4.78, 5) is 31.6. The number of aryl methyl sites for hydroxylation is 2. The van der Waals surface area contributed by atoms with E-state index in [0.717, 1.165) is 38.9 Å². The van der Waals surface area contributed by atoms with Crippen molar-refractivity contribution in [1.82, 2.24) is 19.1 Å². The van der Waals surface area contributed by atoms with Crippen LogP contribution in [0.2, 0.25) is 0 Å². The molecule has 0 spiro atoms. The number of nitriles is 4. The molecular formula is C47H49N9O3. The Bertz CT molecular complexity index is 2670. The number of carboxylic acids is 1. The van der Waals surface area contributed by atoms with Crippen LogP contribution in [-0.4, -0.2) is 36.0 Å². The van der Waals surface area contributed by atoms with Gasteiger partial charge in [-0.1, -0.05) is 55.5 Å². The molecular weight excluding hydrogens is 739 g/mol. The number of carbonyl (C=O) groups is 2. The van der Waals surface area contributed by atoms with Gasteiger partial charge in [0.05, 0.1) is 75.4 Å². The molecule has 3 N–H and O–H groups in total. The van der Waals surface area contributed by atoms with Gasteiger partial charge < -0.3 is 20.0 Å². The first-order valence-electron chi connectivity index (χ1n) is 19.1. The fourth-order valence-corrected chi connectivity index (χ4v) is 7.02. The van der Waals surface area contributed by atoms with Crippen LogP contribution in [-0.2, 0) is 33.5 Å². The van der Waals surface area contributed by atoms with Gasteiger partial charge in [0.1, 0.15) is 18.7 Å². The van der Waals surface area contributed by atoms with Gasteiger partial charge in [0, 0.05) is 12.5 Å². The van der Waals surface area contributed by atoms with Crippen LogP contribution in [0.5, 0.6) is 0 Å². The van der Waals surface area contributed by atoms with E-state index in [-0.39, 0.29) is 30.8 Å². The number of aromatic nitrogens is 4. The number of Topliss-reactive ketones (excluding diaryl/α,β-unsaturated/α-hetero) is 1. The molecule has 0 aliphatic carbocycles. The van der Waals surface area contributed by atoms with Crippen molar-refractivity contribution in [3.63, 3.8) is 0 Å². The van der Waals surface area contributed by atoms with Crippen LogP contribution >= 0.6 is 0 Å². The van der Waals surface area contributed by atoms with Crippen LogP contribution in [0, 0.1) is 59.2 Å². The zero-order chi connectivity index (χ0) is 43.7. The number of carboxylic acid groups (broad SMARTS) is 1. The van der Waals surface area contributed by atoms with Crippen LogP contribution in [0.25, 0.3) is 22.1 Å². The third kappa shape index (κ3) is 10.6. The van der Waals surface area contributed by atoms with Crippen LogP contribution in [0.1, 0.15) is 104 Å². The van der Waals surface area contributed by atoms with Crippen molar-refractivity contribution in [3.05, 3.63) is 130 Å². The van der Waals surface area contributed by atoms with Gasteiger partial charge in [-0.2, -0.15) is 21.0 Å². The number of nitrogens with zero attached hydrogens (tertiary/aromatic N) is 8. The quantitative estimate of drug-likeness (QED) is 0.135. The van der Waals surface area contributed by atoms with Gasteiger partial charge in [-0.05, 0) is 112 Å². The van der Waals surface area contributed by atoms with Crippen molar-refractivity contribution in [2.75, 3.05) is 0 Å². The molecule has 2 aromatic heterocycles. The highest BCUT2D eigenvalue weighted by atomic mass is 16.4. The number of imidazole rings is 2. The molecule has 0 aliphatic heterocycles. The normalized spacial score (nSPS) is 12.0. The first kappa shape index (κ1) is 44.6. The number of nitrogens with two attached hydrogens (primary N) is 1. The van der Waals surface area contributed by atoms with E-state index in [1.54, 1.807) is 41.2 Å². The van der Waals surface area contributed by atoms with Gasteiger partial charge in [0.2, 0.25) is 0 Å². The second-order valence-corrected chi connectivity index (χ2v) is 15.8. The van der Waals surface area contributed by atoms with Gasteiger partial charge in [-0.15, -0.1) is 0 Å². The Hall–Kier alpha value is -7.12. The summed E-state index contributed by atoms with van der Waals surface area (Å²) in [5, 5.41) is 45.3. The van der Waals surface area contributed by atoms with Crippen molar-refractivity contribution < 1.29 is 14.7 Å². The highest BCUT2D eigenvalue weighted by Crippen LogP contribution is 2.30. The summed E-state index contributed by atoms with van der Waals surface area (Å²) in [6, 6.07) is 31.5. The molecule has 2 heterocycles. The molecule has 0 aliphatic rings. The van der Waals surface area contributed by atoms with Gasteiger partial charge in [-0.3, -0.25) is 9.59 Å². The number of carbonyl (C=O) groups excluding carboxylic acids is 1. The van der Waals surface area contributed by atoms with Gasteiger partial charge in [0.15, 0.2) is 5.78 Å². The minimum atomic E-state index is -0.956. The van der Waals surface area contributed by atoms with E-state index in [1.807, 2.05) is 91.8 Å². The predicted molar refractivity (Wildman–Crippen MR) is 227 cm³/mol. The van der Waals surface area contributed by atoms with E-state index in [4.69, 9.17) is 21.4 Å². The van der Waals surface area contributed by atoms with E-state index in [9.17, 15) is 20.1 Å². The maximum atomic E-state index is 12.7. The number of benzene rings is 4. The third-order valence-electron chi connectivity index (χ3n) is 10.2. The number of rotatable bonds is 10. The van der Waals surface area contributed by atoms with Crippen molar-refractivity contribution in [1.29, 1.82) is 21.0 Å². The van der Waals surface area contributed by atoms with Crippen LogP contribution < -0.4 is 5.73 Å². The second kappa shape index (κ2) is 18.9. The summed E-state index contributed by atoms with van der Waals surface area (Å²) >= 11 is 0. The Morgan fingerprint density at radius 1 is 0.712 bits per heavy atom. The van der Waals surface area contributed by atoms with Crippen molar-refractivity contribution in [2.45, 2.75) is 97.7 Å². The molecule has 2 unspecified atom stereocenters. The van der Waals surface area contributed by atoms with E-state index in [0.29, 0.717) is 34.1 Å². The summed E-state index contributed by atoms with van der Waals surface area (Å²) < 4.78 is 3.21. The van der Waals surface area contributed by atoms with E-state index < -0.39 is 16.8 Å². The lowest BCUT2D eigenvalue weighted by Crippen LogP contribution is -2.16. The number of hydrogen-bond donors (Lipinski definition) is 2. The highest BCUT2D eigenvalue weighted by molar-refractivity contribution is 5.85. The minimum Gasteiger partial charge on any atom is -0.480 e. The van der Waals surface area contributed by atoms with Gasteiger partial charge >= 0.3 is 5.97 Å². The lowest BCUT2D eigenvalue weighted by molar-refractivity contribution is -0.137. The molecule has 6 aromatic rings. The van der Waals surface area contributed by atoms with E-state index in [2.05, 4.69) is 40.3 Å². The van der Waals surface area contributed by atoms with E-state index >= 15 is 0 Å². The first-order valence-corrected chi connectivity index (χ1v) is 19.1. The highest BCUT2D eigenvalue weighted by Gasteiger charge is 2.24. The Kier molecular flexibility index (Phi) is 14.3. The van der Waals surface area contributed by atoms with Crippen LogP contribution in [0.15, 0.2) is 85.5 Å². The zero-order valence-corrected chi connectivity index (χ0v) is 34.8. The molecule has 12 nitrogen and oxygen atoms in total. The maximum absolute atomic E-state index is 12.7. The van der Waals surface area contributed by atoms with E-state index in [1.165, 1.54) is 10.9 Å². The average Bonchev–Trinajstić information content (AvgIpc) is 3.81. The molecule has 0 amide bonds. The second-order valence-electron chi connectivity index (χ2n) is 15.8. The minimum absolute atomic E-state index is 0.0444. The smallest absolute Gasteiger partial charge is 0.323 e. The van der Waals surface area contributed by atoms with Crippen molar-refractivity contribution in [3.8, 4) is 24.3 Å². The van der Waals surface area contributed by atoms with Gasteiger partial charge in [0.25, 0.3) is 0 Å². The standard InChI is InChI=1S/C24H24N4O.C13H18N2.C10H7N3O2/c1-16(18-8-9-21(17(2)10-18)24(3,4)14-26)11-20(29)13-28-15-27-22-7-5-6-19(12-25)23(22)28;1-9-7-11(10(2)15)5-6-12(9)13(3,4)8-14;11-4-7-2-1-3-8-10(7)13(6-12-8)5-9(14)15/h5-10,15-16H,11,13H2,1-4H3;5-7,10H,15H2,1-4H3;1-3,6H,5H2,(H,14,15). The number of hydrogen-bond acceptors (Lipinski definition) is 9. The first-order chi connectivity index (χ1) is 27.9. The fourth-order valence-electron chi connectivity index (χ4n) is 7.02. The molecule has 0 bridgehead atoms. The topological polar surface area (TPSA) is 211 Å². The van der Waals surface area contributed by atoms with Crippen LogP contribution in [0.3, 0.4) is 0 Å². The number of para-hydroxylation sites is 2. The maximum Gasteiger partial charge on any atom is 0.323 e. The molecule has 0 radical (unpaired) electrons. The summed E-state index contributed by atoms with van der Waals surface area (Å²) in [5.41, 5.74) is 14.9. The number of ketones is 1. The summed E-state index contributed by atoms with van der Waals surface area (Å²) in [6.45, 7) is 15.7. The Morgan fingerprint density at radius 3 is 1.56 bits per heavy atom. The van der Waals surface area contributed by atoms with Crippen LogP contribution in [0.4, 0.5) is 0 Å². The lowest BCUT2D eigenvalue weighted by atomic mass is 9.81. The number of aliphatic carboxylic acids is 1. The number of fused-ring (bicyclic) bond motifs is 2. The molecule has 0 saturated heterocycles. The molecule has 0 saturated carbocycles. The Morgan fingerprint density at radius 2 is 1.15 bits per heavy atom. The molecule has 12 heteroatoms. The Labute approximate surface area is 345 Å². The predicted octanol–water partition coefficient (Wildman–Crippen LogP) is 8.59. The molecule has 59 heavy (non-hydrogen) atoms. The average molecular weight is 788 g/mol. The summed E-state index contributed by atoms with van der Waals surface area (Å²) in [5.74, 6) is -0.809. The summed E-state index contributed by atoms with van der Waals surface area (Å²) in [6.07, 6.45) is 3.45. The lowest BCUT2D eigenvalue weighted by Gasteiger charge is -2.21. The third-order valence-corrected chi connectivity index (χ3v) is 10.2. The fraction of sp³-hybridized carbons (Fsp3) is 0.319. The largest absolute Gasteiger partial charge is 0.480 e. The Balaban J connectivity index is 0.000000215. The summed E-state index contributed by atoms with van der Waals surface area (Å²) in [7, 11) is 0. The van der Waals surface area contributed by atoms with Crippen molar-refractivity contribution >= 4 is 33.8 Å².